The summed E-state index contributed by atoms with van der Waals surface area (Å²) < 4.78 is 33.4. The van der Waals surface area contributed by atoms with Gasteiger partial charge in [-0.2, -0.15) is 0 Å². The van der Waals surface area contributed by atoms with Crippen LogP contribution in [-0.2, 0) is 32.7 Å². The molecule has 0 aromatic carbocycles. The number of phosphoric acid groups is 1. The van der Waals surface area contributed by atoms with E-state index in [9.17, 15) is 19.0 Å². The van der Waals surface area contributed by atoms with Crippen LogP contribution in [0.4, 0.5) is 0 Å². The molecule has 10 nitrogen and oxygen atoms in total. The lowest BCUT2D eigenvalue weighted by atomic mass is 10.1. The van der Waals surface area contributed by atoms with Gasteiger partial charge in [0.05, 0.1) is 19.8 Å². The molecule has 0 saturated carbocycles. The Hall–Kier alpha value is -3.63. The minimum Gasteiger partial charge on any atom is -0.480 e. The Bertz CT molecular complexity index is 1490. The summed E-state index contributed by atoms with van der Waals surface area (Å²) in [7, 11) is -4.65. The zero-order valence-electron chi connectivity index (χ0n) is 40.3. The Morgan fingerprint density at radius 3 is 1.26 bits per heavy atom. The highest BCUT2D eigenvalue weighted by Crippen LogP contribution is 2.43. The Labute approximate surface area is 394 Å². The first kappa shape index (κ1) is 61.4. The first-order valence-corrected chi connectivity index (χ1v) is 26.1. The van der Waals surface area contributed by atoms with Crippen LogP contribution >= 0.6 is 7.82 Å². The van der Waals surface area contributed by atoms with E-state index in [1.165, 1.54) is 38.5 Å². The molecule has 0 spiro atoms. The van der Waals surface area contributed by atoms with Crippen LogP contribution in [-0.4, -0.2) is 60.5 Å². The third-order valence-corrected chi connectivity index (χ3v) is 10.7. The fourth-order valence-electron chi connectivity index (χ4n) is 6.01. The fraction of sp³-hybridized carbons (Fsp3) is 0.593. The van der Waals surface area contributed by atoms with E-state index in [2.05, 4.69) is 135 Å². The van der Waals surface area contributed by atoms with Crippen molar-refractivity contribution in [3.8, 4) is 0 Å². The number of carboxylic acid groups (broad SMARTS) is 1. The van der Waals surface area contributed by atoms with Crippen LogP contribution in [0, 0.1) is 0 Å². The van der Waals surface area contributed by atoms with Crippen molar-refractivity contribution in [3.63, 3.8) is 0 Å². The topological polar surface area (TPSA) is 155 Å². The van der Waals surface area contributed by atoms with Gasteiger partial charge in [0.1, 0.15) is 12.1 Å². The maximum Gasteiger partial charge on any atom is 0.472 e. The predicted molar refractivity (Wildman–Crippen MR) is 272 cm³/mol. The molecule has 3 atom stereocenters. The zero-order chi connectivity index (χ0) is 47.6. The van der Waals surface area contributed by atoms with Crippen molar-refractivity contribution in [2.75, 3.05) is 26.4 Å². The van der Waals surface area contributed by atoms with Crippen LogP contribution in [0.25, 0.3) is 0 Å². The van der Waals surface area contributed by atoms with Gasteiger partial charge in [0.15, 0.2) is 0 Å². The van der Waals surface area contributed by atoms with Gasteiger partial charge in [0.2, 0.25) is 0 Å². The number of hydrogen-bond acceptors (Lipinski definition) is 8. The summed E-state index contributed by atoms with van der Waals surface area (Å²) in [4.78, 5) is 33.7. The highest BCUT2D eigenvalue weighted by molar-refractivity contribution is 7.47. The van der Waals surface area contributed by atoms with Gasteiger partial charge in [0.25, 0.3) is 0 Å². The molecule has 0 aromatic rings. The van der Waals surface area contributed by atoms with E-state index < -0.39 is 45.1 Å². The van der Waals surface area contributed by atoms with Crippen LogP contribution < -0.4 is 5.73 Å². The number of carboxylic acids is 1. The molecular weight excluding hydrogens is 838 g/mol. The number of esters is 1. The predicted octanol–water partition coefficient (Wildman–Crippen LogP) is 14.4. The lowest BCUT2D eigenvalue weighted by Crippen LogP contribution is -2.34. The van der Waals surface area contributed by atoms with E-state index in [0.717, 1.165) is 103 Å². The van der Waals surface area contributed by atoms with E-state index in [4.69, 9.17) is 29.4 Å². The molecule has 3 unspecified atom stereocenters. The summed E-state index contributed by atoms with van der Waals surface area (Å²) in [5.74, 6) is -1.84. The molecule has 0 heterocycles. The molecule has 4 N–H and O–H groups in total. The largest absolute Gasteiger partial charge is 0.480 e. The summed E-state index contributed by atoms with van der Waals surface area (Å²) in [6.07, 6.45) is 66.8. The summed E-state index contributed by atoms with van der Waals surface area (Å²) in [6.45, 7) is 3.57. The molecule has 0 aliphatic rings. The van der Waals surface area contributed by atoms with Crippen molar-refractivity contribution in [1.82, 2.24) is 0 Å². The number of allylic oxidation sites excluding steroid dienone is 20. The highest BCUT2D eigenvalue weighted by atomic mass is 31.2. The van der Waals surface area contributed by atoms with E-state index in [1.54, 1.807) is 0 Å². The normalized spacial score (nSPS) is 14.8. The van der Waals surface area contributed by atoms with Crippen molar-refractivity contribution < 1.29 is 42.7 Å². The number of nitrogens with two attached hydrogens (primary N) is 1. The lowest BCUT2D eigenvalue weighted by Gasteiger charge is -2.20. The molecular formula is C54H88NO9P. The fourth-order valence-corrected chi connectivity index (χ4v) is 6.79. The molecule has 11 heteroatoms. The Morgan fingerprint density at radius 2 is 0.846 bits per heavy atom. The van der Waals surface area contributed by atoms with E-state index in [0.29, 0.717) is 13.0 Å². The Morgan fingerprint density at radius 1 is 0.492 bits per heavy atom. The van der Waals surface area contributed by atoms with Crippen molar-refractivity contribution in [2.24, 2.45) is 5.73 Å². The minimum absolute atomic E-state index is 0.0141. The average molecular weight is 926 g/mol. The number of phosphoric ester groups is 1. The summed E-state index contributed by atoms with van der Waals surface area (Å²) in [5.41, 5.74) is 5.37. The summed E-state index contributed by atoms with van der Waals surface area (Å²) >= 11 is 0. The second kappa shape index (κ2) is 48.3. The van der Waals surface area contributed by atoms with Crippen LogP contribution in [0.1, 0.15) is 168 Å². The van der Waals surface area contributed by atoms with Gasteiger partial charge in [-0.1, -0.05) is 180 Å². The second-order valence-electron chi connectivity index (χ2n) is 15.8. The van der Waals surface area contributed by atoms with Gasteiger partial charge >= 0.3 is 19.8 Å². The number of rotatable bonds is 45. The molecule has 0 saturated heterocycles. The maximum atomic E-state index is 12.7. The maximum absolute atomic E-state index is 12.7. The van der Waals surface area contributed by atoms with Crippen LogP contribution in [0.2, 0.25) is 0 Å². The van der Waals surface area contributed by atoms with Gasteiger partial charge < -0.3 is 25.2 Å². The SMILES string of the molecule is CC/C=C\C/C=C\C/C=C\C/C=C\C/C=C\C/C=C\CCCCC(=O)OC(COCCCCCCCCCCC/C=C\C/C=C\C/C=C\C/C=C\CC)COP(=O)(O)OCC(N)C(=O)O. The number of carbonyl (C=O) groups excluding carboxylic acids is 1. The first-order valence-electron chi connectivity index (χ1n) is 24.6. The van der Waals surface area contributed by atoms with Gasteiger partial charge in [-0.05, 0) is 103 Å². The quantitative estimate of drug-likeness (QED) is 0.0233. The molecule has 0 aliphatic carbocycles. The monoisotopic (exact) mass is 926 g/mol. The van der Waals surface area contributed by atoms with Gasteiger partial charge in [-0.3, -0.25) is 18.6 Å². The van der Waals surface area contributed by atoms with Crippen molar-refractivity contribution in [1.29, 1.82) is 0 Å². The van der Waals surface area contributed by atoms with E-state index in [1.807, 2.05) is 0 Å². The first-order chi connectivity index (χ1) is 31.7. The lowest BCUT2D eigenvalue weighted by molar-refractivity contribution is -0.154. The Kier molecular flexibility index (Phi) is 45.6. The van der Waals surface area contributed by atoms with Crippen molar-refractivity contribution in [2.45, 2.75) is 180 Å². The van der Waals surface area contributed by atoms with Crippen molar-refractivity contribution >= 4 is 19.8 Å². The molecule has 0 radical (unpaired) electrons. The summed E-state index contributed by atoms with van der Waals surface area (Å²) in [6, 6.07) is -1.49. The van der Waals surface area contributed by atoms with Gasteiger partial charge in [0, 0.05) is 13.0 Å². The van der Waals surface area contributed by atoms with Crippen LogP contribution in [0.3, 0.4) is 0 Å². The summed E-state index contributed by atoms with van der Waals surface area (Å²) in [5, 5.41) is 8.93. The highest BCUT2D eigenvalue weighted by Gasteiger charge is 2.27. The molecule has 368 valence electrons. The second-order valence-corrected chi connectivity index (χ2v) is 17.3. The number of unbranched alkanes of at least 4 members (excludes halogenated alkanes) is 11. The number of hydrogen-bond donors (Lipinski definition) is 3. The standard InChI is InChI=1S/C54H88NO9P/c1-3-5-7-9-11-13-15-17-19-21-23-25-27-29-31-33-35-37-39-41-43-45-47-61-48-51(49-62-65(59,60)63-50-52(55)54(57)58)64-53(56)46-44-42-40-38-36-34-32-30-28-26-24-22-20-18-16-14-12-10-8-6-4-2/h5-8,11-14,17-20,23-26,30,32,36,38,51-52H,3-4,9-10,15-16,21-22,27-29,31,33-35,37,39-50,55H2,1-2H3,(H,57,58)(H,59,60)/b7-5-,8-6-,13-11-,14-12-,19-17-,20-18-,25-23-,26-24-,32-30-,38-36-. The van der Waals surface area contributed by atoms with E-state index in [-0.39, 0.29) is 13.0 Å². The molecule has 0 amide bonds. The zero-order valence-corrected chi connectivity index (χ0v) is 41.2. The molecule has 0 rings (SSSR count). The van der Waals surface area contributed by atoms with Gasteiger partial charge in [-0.25, -0.2) is 4.57 Å². The molecule has 0 fully saturated rings. The van der Waals surface area contributed by atoms with Gasteiger partial charge in [-0.15, -0.1) is 0 Å². The van der Waals surface area contributed by atoms with Crippen LogP contribution in [0.5, 0.6) is 0 Å². The molecule has 0 aliphatic heterocycles. The number of ether oxygens (including phenoxy) is 2. The van der Waals surface area contributed by atoms with Crippen LogP contribution in [0.15, 0.2) is 122 Å². The van der Waals surface area contributed by atoms with Crippen molar-refractivity contribution in [3.05, 3.63) is 122 Å². The Balaban J connectivity index is 4.30. The molecule has 0 bridgehead atoms. The minimum atomic E-state index is -4.65. The number of carbonyl (C=O) groups is 2. The third-order valence-electron chi connectivity index (χ3n) is 9.74. The smallest absolute Gasteiger partial charge is 0.472 e. The number of aliphatic carboxylic acids is 1. The van der Waals surface area contributed by atoms with E-state index >= 15 is 0 Å². The third kappa shape index (κ3) is 48.1. The average Bonchev–Trinajstić information content (AvgIpc) is 3.29. The molecule has 0 aromatic heterocycles. The molecule has 65 heavy (non-hydrogen) atoms.